The first kappa shape index (κ1) is 10.1. The Bertz CT molecular complexity index is 384. The van der Waals surface area contributed by atoms with Gasteiger partial charge in [-0.15, -0.1) is 0 Å². The quantitative estimate of drug-likeness (QED) is 0.824. The van der Waals surface area contributed by atoms with Gasteiger partial charge in [0.1, 0.15) is 5.75 Å². The van der Waals surface area contributed by atoms with Crippen molar-refractivity contribution in [3.63, 3.8) is 0 Å². The van der Waals surface area contributed by atoms with Gasteiger partial charge < -0.3 is 14.6 Å². The van der Waals surface area contributed by atoms with Crippen LogP contribution >= 0.6 is 0 Å². The molecule has 1 saturated heterocycles. The summed E-state index contributed by atoms with van der Waals surface area (Å²) in [5.41, 5.74) is 0.621. The molecule has 16 heavy (non-hydrogen) atoms. The molecule has 1 N–H and O–H groups in total. The summed E-state index contributed by atoms with van der Waals surface area (Å²) in [6.45, 7) is 1.62. The van der Waals surface area contributed by atoms with E-state index in [1.165, 1.54) is 0 Å². The monoisotopic (exact) mass is 220 g/mol. The average Bonchev–Trinajstić information content (AvgIpc) is 2.22. The lowest BCUT2D eigenvalue weighted by Crippen LogP contribution is -2.59. The molecule has 0 amide bonds. The molecule has 1 aliphatic heterocycles. The Balaban J connectivity index is 1.77. The van der Waals surface area contributed by atoms with E-state index in [-0.39, 0.29) is 5.41 Å². The van der Waals surface area contributed by atoms with Crippen molar-refractivity contribution < 1.29 is 14.6 Å². The fourth-order valence-corrected chi connectivity index (χ4v) is 2.89. The number of rotatable bonds is 2. The molecule has 0 unspecified atom stereocenters. The Morgan fingerprint density at radius 3 is 2.25 bits per heavy atom. The third kappa shape index (κ3) is 1.35. The van der Waals surface area contributed by atoms with Gasteiger partial charge in [-0.3, -0.25) is 0 Å². The van der Waals surface area contributed by atoms with Crippen LogP contribution in [-0.2, 0) is 10.3 Å². The zero-order valence-electron chi connectivity index (χ0n) is 9.40. The van der Waals surface area contributed by atoms with Crippen molar-refractivity contribution in [3.8, 4) is 5.75 Å². The van der Waals surface area contributed by atoms with Crippen LogP contribution in [0.1, 0.15) is 18.4 Å². The van der Waals surface area contributed by atoms with Gasteiger partial charge in [-0.2, -0.15) is 0 Å². The Kier molecular flexibility index (Phi) is 2.03. The van der Waals surface area contributed by atoms with Gasteiger partial charge in [-0.25, -0.2) is 0 Å². The average molecular weight is 220 g/mol. The maximum absolute atomic E-state index is 10.4. The molecule has 0 atom stereocenters. The van der Waals surface area contributed by atoms with E-state index in [2.05, 4.69) is 0 Å². The Hall–Kier alpha value is -1.06. The van der Waals surface area contributed by atoms with Gasteiger partial charge in [0.25, 0.3) is 0 Å². The van der Waals surface area contributed by atoms with Gasteiger partial charge in [0.2, 0.25) is 0 Å². The molecule has 2 fully saturated rings. The molecule has 1 spiro atoms. The minimum Gasteiger partial charge on any atom is -0.497 e. The Morgan fingerprint density at radius 1 is 1.19 bits per heavy atom. The summed E-state index contributed by atoms with van der Waals surface area (Å²) < 4.78 is 10.3. The van der Waals surface area contributed by atoms with Crippen LogP contribution in [0.25, 0.3) is 0 Å². The minimum atomic E-state index is -0.643. The zero-order valence-corrected chi connectivity index (χ0v) is 9.40. The Morgan fingerprint density at radius 2 is 1.81 bits per heavy atom. The van der Waals surface area contributed by atoms with E-state index in [9.17, 15) is 5.11 Å². The molecule has 3 heteroatoms. The smallest absolute Gasteiger partial charge is 0.118 e. The molecule has 1 aromatic carbocycles. The summed E-state index contributed by atoms with van der Waals surface area (Å²) in [4.78, 5) is 0. The van der Waals surface area contributed by atoms with Crippen molar-refractivity contribution in [1.82, 2.24) is 0 Å². The fraction of sp³-hybridized carbons (Fsp3) is 0.538. The molecule has 0 radical (unpaired) electrons. The topological polar surface area (TPSA) is 38.7 Å². The lowest BCUT2D eigenvalue weighted by molar-refractivity contribution is -0.244. The second-order valence-corrected chi connectivity index (χ2v) is 5.11. The fourth-order valence-electron chi connectivity index (χ4n) is 2.89. The van der Waals surface area contributed by atoms with E-state index in [1.54, 1.807) is 7.11 Å². The zero-order chi connectivity index (χ0) is 11.2. The van der Waals surface area contributed by atoms with Gasteiger partial charge in [0.15, 0.2) is 0 Å². The summed E-state index contributed by atoms with van der Waals surface area (Å²) >= 11 is 0. The standard InChI is InChI=1S/C13H16O3/c1-15-11-4-2-10(3-5-11)13(14)6-12(7-13)8-16-9-12/h2-5,14H,6-9H2,1H3. The third-order valence-electron chi connectivity index (χ3n) is 3.78. The lowest BCUT2D eigenvalue weighted by atomic mass is 9.56. The number of ether oxygens (including phenoxy) is 2. The summed E-state index contributed by atoms with van der Waals surface area (Å²) in [6, 6.07) is 7.70. The molecule has 1 heterocycles. The van der Waals surface area contributed by atoms with Crippen molar-refractivity contribution in [1.29, 1.82) is 0 Å². The molecule has 1 aromatic rings. The first-order valence-electron chi connectivity index (χ1n) is 5.61. The summed E-state index contributed by atoms with van der Waals surface area (Å²) in [5.74, 6) is 0.827. The number of methoxy groups -OCH3 is 1. The minimum absolute atomic E-state index is 0.272. The van der Waals surface area contributed by atoms with Gasteiger partial charge >= 0.3 is 0 Å². The van der Waals surface area contributed by atoms with Gasteiger partial charge in [0.05, 0.1) is 25.9 Å². The molecular weight excluding hydrogens is 204 g/mol. The van der Waals surface area contributed by atoms with Crippen molar-refractivity contribution in [3.05, 3.63) is 29.8 Å². The van der Waals surface area contributed by atoms with Crippen molar-refractivity contribution >= 4 is 0 Å². The molecule has 3 rings (SSSR count). The van der Waals surface area contributed by atoms with Crippen molar-refractivity contribution in [2.75, 3.05) is 20.3 Å². The van der Waals surface area contributed by atoms with E-state index in [0.29, 0.717) is 0 Å². The molecule has 1 saturated carbocycles. The van der Waals surface area contributed by atoms with E-state index < -0.39 is 5.60 Å². The SMILES string of the molecule is COc1ccc(C2(O)CC3(COC3)C2)cc1. The highest BCUT2D eigenvalue weighted by atomic mass is 16.5. The second kappa shape index (κ2) is 3.22. The maximum atomic E-state index is 10.4. The molecule has 3 nitrogen and oxygen atoms in total. The van der Waals surface area contributed by atoms with Crippen molar-refractivity contribution in [2.24, 2.45) is 5.41 Å². The molecule has 0 aromatic heterocycles. The number of hydrogen-bond acceptors (Lipinski definition) is 3. The number of hydrogen-bond donors (Lipinski definition) is 1. The van der Waals surface area contributed by atoms with Crippen LogP contribution in [-0.4, -0.2) is 25.4 Å². The molecule has 0 bridgehead atoms. The van der Waals surface area contributed by atoms with Gasteiger partial charge in [-0.05, 0) is 30.5 Å². The molecule has 86 valence electrons. The van der Waals surface area contributed by atoms with E-state index in [4.69, 9.17) is 9.47 Å². The van der Waals surface area contributed by atoms with Gasteiger partial charge in [0, 0.05) is 5.41 Å². The van der Waals surface area contributed by atoms with Crippen LogP contribution in [0.2, 0.25) is 0 Å². The van der Waals surface area contributed by atoms with Crippen LogP contribution in [0.4, 0.5) is 0 Å². The maximum Gasteiger partial charge on any atom is 0.118 e. The first-order chi connectivity index (χ1) is 7.66. The van der Waals surface area contributed by atoms with E-state index in [0.717, 1.165) is 37.4 Å². The molecule has 1 aliphatic carbocycles. The van der Waals surface area contributed by atoms with Crippen LogP contribution < -0.4 is 4.74 Å². The summed E-state index contributed by atoms with van der Waals surface area (Å²) in [5, 5.41) is 10.4. The third-order valence-corrected chi connectivity index (χ3v) is 3.78. The predicted molar refractivity (Wildman–Crippen MR) is 59.4 cm³/mol. The van der Waals surface area contributed by atoms with E-state index >= 15 is 0 Å². The molecular formula is C13H16O3. The highest BCUT2D eigenvalue weighted by molar-refractivity contribution is 5.33. The second-order valence-electron chi connectivity index (χ2n) is 5.11. The van der Waals surface area contributed by atoms with Gasteiger partial charge in [-0.1, -0.05) is 12.1 Å². The van der Waals surface area contributed by atoms with Crippen LogP contribution in [0, 0.1) is 5.41 Å². The number of aliphatic hydroxyl groups is 1. The largest absolute Gasteiger partial charge is 0.497 e. The lowest BCUT2D eigenvalue weighted by Gasteiger charge is -2.58. The molecule has 2 aliphatic rings. The van der Waals surface area contributed by atoms with Crippen LogP contribution in [0.3, 0.4) is 0 Å². The first-order valence-corrected chi connectivity index (χ1v) is 5.61. The summed E-state index contributed by atoms with van der Waals surface area (Å²) in [7, 11) is 1.65. The van der Waals surface area contributed by atoms with E-state index in [1.807, 2.05) is 24.3 Å². The highest BCUT2D eigenvalue weighted by Crippen LogP contribution is 2.57. The number of benzene rings is 1. The Labute approximate surface area is 95.0 Å². The predicted octanol–water partition coefficient (Wildman–Crippen LogP) is 1.69. The summed E-state index contributed by atoms with van der Waals surface area (Å²) in [6.07, 6.45) is 1.65. The normalized spacial score (nSPS) is 24.6. The van der Waals surface area contributed by atoms with Crippen molar-refractivity contribution in [2.45, 2.75) is 18.4 Å². The van der Waals surface area contributed by atoms with Crippen LogP contribution in [0.15, 0.2) is 24.3 Å². The highest BCUT2D eigenvalue weighted by Gasteiger charge is 2.58. The van der Waals surface area contributed by atoms with Crippen LogP contribution in [0.5, 0.6) is 5.75 Å².